The molecule has 2 aromatic rings. The summed E-state index contributed by atoms with van der Waals surface area (Å²) in [5.74, 6) is -0.111. The lowest BCUT2D eigenvalue weighted by atomic mass is 10.1. The number of rotatable bonds is 2. The second-order valence-corrected chi connectivity index (χ2v) is 7.25. The Balaban J connectivity index is 1.82. The topological polar surface area (TPSA) is 41.5 Å². The number of amides is 1. The Morgan fingerprint density at radius 1 is 1.09 bits per heavy atom. The maximum absolute atomic E-state index is 12.1. The Morgan fingerprint density at radius 3 is 2.52 bits per heavy atom. The van der Waals surface area contributed by atoms with Gasteiger partial charge in [0.05, 0.1) is 10.6 Å². The molecule has 0 aromatic heterocycles. The monoisotopic (exact) mass is 386 g/mol. The van der Waals surface area contributed by atoms with Crippen molar-refractivity contribution in [2.75, 3.05) is 0 Å². The lowest BCUT2D eigenvalue weighted by Gasteiger charge is -2.01. The Kier molecular flexibility index (Phi) is 4.68. The second kappa shape index (κ2) is 6.72. The van der Waals surface area contributed by atoms with Crippen LogP contribution in [0.15, 0.2) is 56.8 Å². The van der Waals surface area contributed by atoms with Crippen LogP contribution < -0.4 is 5.32 Å². The third-order valence-corrected chi connectivity index (χ3v) is 4.98. The molecule has 5 heteroatoms. The summed E-state index contributed by atoms with van der Waals surface area (Å²) in [4.78, 5) is 17.2. The molecule has 1 aliphatic rings. The van der Waals surface area contributed by atoms with Crippen molar-refractivity contribution >= 4 is 50.5 Å². The van der Waals surface area contributed by atoms with Crippen LogP contribution in [-0.4, -0.2) is 11.1 Å². The molecule has 1 amide bonds. The van der Waals surface area contributed by atoms with Crippen LogP contribution in [0.1, 0.15) is 16.7 Å². The lowest BCUT2D eigenvalue weighted by molar-refractivity contribution is -0.115. The van der Waals surface area contributed by atoms with Gasteiger partial charge in [-0.05, 0) is 72.6 Å². The van der Waals surface area contributed by atoms with E-state index in [1.165, 1.54) is 22.9 Å². The molecule has 0 bridgehead atoms. The summed E-state index contributed by atoms with van der Waals surface area (Å²) in [6.45, 7) is 4.12. The summed E-state index contributed by atoms with van der Waals surface area (Å²) in [7, 11) is 0. The van der Waals surface area contributed by atoms with Crippen LogP contribution in [-0.2, 0) is 4.79 Å². The van der Waals surface area contributed by atoms with Gasteiger partial charge in [0.25, 0.3) is 5.91 Å². The quantitative estimate of drug-likeness (QED) is 0.741. The third-order valence-electron chi connectivity index (χ3n) is 3.54. The first kappa shape index (κ1) is 16.0. The number of nitrogens with zero attached hydrogens (tertiary/aromatic N) is 1. The number of hydrogen-bond donors (Lipinski definition) is 1. The van der Waals surface area contributed by atoms with Crippen molar-refractivity contribution in [3.8, 4) is 0 Å². The minimum atomic E-state index is -0.111. The van der Waals surface area contributed by atoms with E-state index < -0.39 is 0 Å². The predicted octanol–water partition coefficient (Wildman–Crippen LogP) is 4.96. The number of nitrogens with one attached hydrogen (secondary N) is 1. The van der Waals surface area contributed by atoms with Crippen molar-refractivity contribution in [1.82, 2.24) is 5.32 Å². The van der Waals surface area contributed by atoms with Gasteiger partial charge in [0, 0.05) is 4.47 Å². The number of aliphatic imine (C=N–C) groups is 1. The first-order valence-corrected chi connectivity index (χ1v) is 8.74. The fourth-order valence-electron chi connectivity index (χ4n) is 2.10. The van der Waals surface area contributed by atoms with Gasteiger partial charge in [-0.3, -0.25) is 4.79 Å². The molecular weight excluding hydrogens is 372 g/mol. The highest BCUT2D eigenvalue weighted by molar-refractivity contribution is 9.10. The van der Waals surface area contributed by atoms with E-state index in [1.54, 1.807) is 0 Å². The van der Waals surface area contributed by atoms with Gasteiger partial charge in [0.2, 0.25) is 0 Å². The molecule has 0 atom stereocenters. The summed E-state index contributed by atoms with van der Waals surface area (Å²) in [5.41, 5.74) is 4.25. The molecule has 3 rings (SSSR count). The number of halogens is 1. The highest BCUT2D eigenvalue weighted by atomic mass is 79.9. The van der Waals surface area contributed by atoms with E-state index in [0.717, 1.165) is 15.7 Å². The van der Waals surface area contributed by atoms with Crippen molar-refractivity contribution in [2.45, 2.75) is 13.8 Å². The second-order valence-electron chi connectivity index (χ2n) is 5.30. The van der Waals surface area contributed by atoms with Crippen LogP contribution in [0.5, 0.6) is 0 Å². The van der Waals surface area contributed by atoms with Gasteiger partial charge in [0.1, 0.15) is 0 Å². The number of carbonyl (C=O) groups is 1. The molecule has 0 radical (unpaired) electrons. The van der Waals surface area contributed by atoms with Gasteiger partial charge in [-0.2, -0.15) is 0 Å². The molecule has 0 unspecified atom stereocenters. The first-order chi connectivity index (χ1) is 11.0. The zero-order chi connectivity index (χ0) is 16.4. The Labute approximate surface area is 148 Å². The standard InChI is InChI=1S/C18H15BrN2OS/c1-11-3-8-15(9-12(11)2)20-18-21-17(22)16(23-18)10-13-4-6-14(19)7-5-13/h3-10H,1-2H3,(H,20,21,22)/b16-10-. The van der Waals surface area contributed by atoms with E-state index in [1.807, 2.05) is 48.5 Å². The molecule has 1 aliphatic heterocycles. The fraction of sp³-hybridized carbons (Fsp3) is 0.111. The van der Waals surface area contributed by atoms with E-state index in [0.29, 0.717) is 10.1 Å². The molecule has 1 N–H and O–H groups in total. The largest absolute Gasteiger partial charge is 0.300 e. The van der Waals surface area contributed by atoms with Gasteiger partial charge in [-0.15, -0.1) is 0 Å². The van der Waals surface area contributed by atoms with Crippen molar-refractivity contribution in [3.05, 3.63) is 68.5 Å². The van der Waals surface area contributed by atoms with Gasteiger partial charge in [-0.25, -0.2) is 4.99 Å². The maximum atomic E-state index is 12.1. The Hall–Kier alpha value is -1.85. The van der Waals surface area contributed by atoms with Crippen molar-refractivity contribution < 1.29 is 4.79 Å². The van der Waals surface area contributed by atoms with Crippen LogP contribution in [0.25, 0.3) is 6.08 Å². The molecule has 1 fully saturated rings. The smallest absolute Gasteiger partial charge is 0.264 e. The molecule has 1 heterocycles. The SMILES string of the molecule is Cc1ccc(N=C2NC(=O)/C(=C/c3ccc(Br)cc3)S2)cc1C. The number of amidine groups is 1. The molecule has 0 spiro atoms. The molecule has 3 nitrogen and oxygen atoms in total. The molecule has 116 valence electrons. The summed E-state index contributed by atoms with van der Waals surface area (Å²) in [6, 6.07) is 13.8. The summed E-state index contributed by atoms with van der Waals surface area (Å²) in [6.07, 6.45) is 1.87. The van der Waals surface area contributed by atoms with E-state index in [4.69, 9.17) is 0 Å². The van der Waals surface area contributed by atoms with Gasteiger partial charge < -0.3 is 5.32 Å². The molecule has 23 heavy (non-hydrogen) atoms. The highest BCUT2D eigenvalue weighted by Gasteiger charge is 2.23. The average Bonchev–Trinajstić information content (AvgIpc) is 2.85. The molecule has 1 saturated heterocycles. The average molecular weight is 387 g/mol. The number of aryl methyl sites for hydroxylation is 2. The van der Waals surface area contributed by atoms with Gasteiger partial charge in [-0.1, -0.05) is 34.1 Å². The van der Waals surface area contributed by atoms with Crippen molar-refractivity contribution in [1.29, 1.82) is 0 Å². The number of carbonyl (C=O) groups excluding carboxylic acids is 1. The zero-order valence-corrected chi connectivity index (χ0v) is 15.2. The number of thioether (sulfide) groups is 1. The number of hydrogen-bond acceptors (Lipinski definition) is 3. The van der Waals surface area contributed by atoms with E-state index >= 15 is 0 Å². The van der Waals surface area contributed by atoms with Gasteiger partial charge >= 0.3 is 0 Å². The summed E-state index contributed by atoms with van der Waals surface area (Å²) in [5, 5.41) is 3.43. The molecule has 0 aliphatic carbocycles. The normalized spacial score (nSPS) is 17.8. The van der Waals surface area contributed by atoms with Crippen LogP contribution in [0.4, 0.5) is 5.69 Å². The summed E-state index contributed by atoms with van der Waals surface area (Å²) >= 11 is 4.76. The lowest BCUT2D eigenvalue weighted by Crippen LogP contribution is -2.19. The van der Waals surface area contributed by atoms with Crippen LogP contribution in [0.2, 0.25) is 0 Å². The van der Waals surface area contributed by atoms with E-state index in [2.05, 4.69) is 40.1 Å². The minimum Gasteiger partial charge on any atom is -0.300 e. The maximum Gasteiger partial charge on any atom is 0.264 e. The van der Waals surface area contributed by atoms with E-state index in [-0.39, 0.29) is 5.91 Å². The van der Waals surface area contributed by atoms with Crippen LogP contribution >= 0.6 is 27.7 Å². The molecular formula is C18H15BrN2OS. The zero-order valence-electron chi connectivity index (χ0n) is 12.8. The van der Waals surface area contributed by atoms with Crippen molar-refractivity contribution in [3.63, 3.8) is 0 Å². The predicted molar refractivity (Wildman–Crippen MR) is 101 cm³/mol. The van der Waals surface area contributed by atoms with Crippen LogP contribution in [0, 0.1) is 13.8 Å². The Bertz CT molecular complexity index is 825. The highest BCUT2D eigenvalue weighted by Crippen LogP contribution is 2.28. The summed E-state index contributed by atoms with van der Waals surface area (Å²) < 4.78 is 1.01. The number of benzene rings is 2. The van der Waals surface area contributed by atoms with Crippen LogP contribution in [0.3, 0.4) is 0 Å². The van der Waals surface area contributed by atoms with Crippen molar-refractivity contribution in [2.24, 2.45) is 4.99 Å². The van der Waals surface area contributed by atoms with Gasteiger partial charge in [0.15, 0.2) is 5.17 Å². The Morgan fingerprint density at radius 2 is 1.83 bits per heavy atom. The third kappa shape index (κ3) is 3.92. The van der Waals surface area contributed by atoms with E-state index in [9.17, 15) is 4.79 Å². The molecule has 2 aromatic carbocycles. The fourth-order valence-corrected chi connectivity index (χ4v) is 3.21. The molecule has 0 saturated carbocycles. The minimum absolute atomic E-state index is 0.111. The first-order valence-electron chi connectivity index (χ1n) is 7.14.